The number of hydrogen-bond acceptors (Lipinski definition) is 2. The van der Waals surface area contributed by atoms with E-state index >= 15 is 0 Å². The molecule has 0 aliphatic heterocycles. The summed E-state index contributed by atoms with van der Waals surface area (Å²) in [5, 5.41) is 8.84. The quantitative estimate of drug-likeness (QED) is 0.372. The molecule has 1 heterocycles. The fourth-order valence-corrected chi connectivity index (χ4v) is 1.02. The van der Waals surface area contributed by atoms with Crippen molar-refractivity contribution in [3.63, 3.8) is 0 Å². The smallest absolute Gasteiger partial charge is 0.133 e. The second kappa shape index (κ2) is 36.2. The number of hydrogen-bond donors (Lipinski definition) is 2. The van der Waals surface area contributed by atoms with Gasteiger partial charge >= 0.3 is 0 Å². The predicted molar refractivity (Wildman–Crippen MR) is 71.5 cm³/mol. The third-order valence-corrected chi connectivity index (χ3v) is 1.69. The van der Waals surface area contributed by atoms with Crippen LogP contribution in [-0.2, 0) is 0 Å². The highest BCUT2D eigenvalue weighted by atomic mass is 35.5. The molecule has 1 aromatic rings. The number of amidine groups is 1. The molecule has 0 fully saturated rings. The van der Waals surface area contributed by atoms with Crippen LogP contribution in [0.25, 0.3) is 0 Å². The maximum absolute atomic E-state index is 6.94. The Morgan fingerprint density at radius 3 is 1.41 bits per heavy atom. The summed E-state index contributed by atoms with van der Waals surface area (Å²) in [6, 6.07) is 3.70. The van der Waals surface area contributed by atoms with E-state index in [1.54, 1.807) is 0 Å². The number of nitrogen functional groups attached to an aromatic ring is 1. The first kappa shape index (κ1) is 72.6. The van der Waals surface area contributed by atoms with Crippen molar-refractivity contribution in [1.29, 1.82) is 5.41 Å². The second-order valence-electron chi connectivity index (χ2n) is 1.39. The van der Waals surface area contributed by atoms with Gasteiger partial charge in [-0.05, 0) is 11.4 Å². The van der Waals surface area contributed by atoms with E-state index in [9.17, 15) is 0 Å². The van der Waals surface area contributed by atoms with E-state index in [2.05, 4.69) is 0 Å². The molecule has 0 aliphatic carbocycles. The van der Waals surface area contributed by atoms with Gasteiger partial charge in [0.25, 0.3) is 0 Å². The lowest BCUT2D eigenvalue weighted by atomic mass is 10.4. The average molecular weight is 307 g/mol. The molecule has 1 aromatic heterocycles. The lowest BCUT2D eigenvalue weighted by molar-refractivity contribution is 0.823. The Balaban J connectivity index is -0.0000000102. The van der Waals surface area contributed by atoms with Crippen molar-refractivity contribution in [2.45, 2.75) is 0 Å². The van der Waals surface area contributed by atoms with Crippen molar-refractivity contribution in [3.05, 3.63) is 22.4 Å². The standard InChI is InChI=1S/C5H6N2S.ClH.8H2O/c6-5(7)4-2-1-3-8-4;;;;;;;;;/h1-3H,(H3,6,7);1H;8*1H2. The normalized spacial score (nSPS) is 4.24. The van der Waals surface area contributed by atoms with E-state index in [1.165, 1.54) is 11.3 Å². The summed E-state index contributed by atoms with van der Waals surface area (Å²) in [6.45, 7) is 0. The lowest BCUT2D eigenvalue weighted by Gasteiger charge is -1.84. The first-order valence-corrected chi connectivity index (χ1v) is 3.06. The predicted octanol–water partition coefficient (Wildman–Crippen LogP) is -5.14. The summed E-state index contributed by atoms with van der Waals surface area (Å²) in [5.74, 6) is 0.153. The molecule has 0 amide bonds. The minimum absolute atomic E-state index is 0. The van der Waals surface area contributed by atoms with Gasteiger partial charge in [-0.25, -0.2) is 0 Å². The Morgan fingerprint density at radius 1 is 0.941 bits per heavy atom. The van der Waals surface area contributed by atoms with Crippen LogP contribution in [0.3, 0.4) is 0 Å². The van der Waals surface area contributed by atoms with E-state index in [0.717, 1.165) is 4.88 Å². The zero-order chi connectivity index (χ0) is 5.98. The molecular formula is C5H23ClN2O8S. The third kappa shape index (κ3) is 25.4. The van der Waals surface area contributed by atoms with Crippen LogP contribution in [0.2, 0.25) is 0 Å². The minimum atomic E-state index is 0. The van der Waals surface area contributed by atoms with E-state index in [4.69, 9.17) is 11.1 Å². The van der Waals surface area contributed by atoms with Gasteiger partial charge < -0.3 is 49.5 Å². The molecule has 0 bridgehead atoms. The highest BCUT2D eigenvalue weighted by Gasteiger charge is 1.92. The Bertz CT molecular complexity index is 200. The molecule has 0 unspecified atom stereocenters. The molecule has 17 heavy (non-hydrogen) atoms. The molecule has 0 aromatic carbocycles. The van der Waals surface area contributed by atoms with Crippen molar-refractivity contribution in [1.82, 2.24) is 0 Å². The molecule has 0 saturated carbocycles. The number of halogens is 1. The maximum atomic E-state index is 6.94. The third-order valence-electron chi connectivity index (χ3n) is 0.787. The number of rotatable bonds is 1. The van der Waals surface area contributed by atoms with Crippen LogP contribution in [0.5, 0.6) is 0 Å². The topological polar surface area (TPSA) is 302 Å². The molecule has 10 nitrogen and oxygen atoms in total. The SMILES string of the molecule is Cl.N=C(N)c1cccs1.O.O.O.O.O.O.O.O. The van der Waals surface area contributed by atoms with Gasteiger partial charge in [0.2, 0.25) is 0 Å². The van der Waals surface area contributed by atoms with Crippen LogP contribution in [-0.4, -0.2) is 49.6 Å². The van der Waals surface area contributed by atoms with Gasteiger partial charge in [-0.15, -0.1) is 23.7 Å². The highest BCUT2D eigenvalue weighted by molar-refractivity contribution is 7.12. The minimum Gasteiger partial charge on any atom is -0.412 e. The van der Waals surface area contributed by atoms with E-state index in [0.29, 0.717) is 0 Å². The first-order valence-electron chi connectivity index (χ1n) is 2.18. The molecule has 0 aliphatic rings. The summed E-state index contributed by atoms with van der Waals surface area (Å²) >= 11 is 1.48. The Labute approximate surface area is 107 Å². The first-order chi connectivity index (χ1) is 3.80. The van der Waals surface area contributed by atoms with Gasteiger partial charge in [0.15, 0.2) is 0 Å². The van der Waals surface area contributed by atoms with Gasteiger partial charge in [-0.1, -0.05) is 6.07 Å². The van der Waals surface area contributed by atoms with Crippen LogP contribution in [0.4, 0.5) is 0 Å². The number of nitrogens with two attached hydrogens (primary N) is 1. The van der Waals surface area contributed by atoms with Gasteiger partial charge in [0.1, 0.15) is 5.84 Å². The van der Waals surface area contributed by atoms with Crippen LogP contribution in [0, 0.1) is 5.41 Å². The summed E-state index contributed by atoms with van der Waals surface area (Å²) in [6.07, 6.45) is 0. The molecule has 19 N–H and O–H groups in total. The molecular weight excluding hydrogens is 284 g/mol. The van der Waals surface area contributed by atoms with Crippen molar-refractivity contribution < 1.29 is 43.8 Å². The number of nitrogens with one attached hydrogen (secondary N) is 1. The molecule has 1 rings (SSSR count). The summed E-state index contributed by atoms with van der Waals surface area (Å²) in [7, 11) is 0. The summed E-state index contributed by atoms with van der Waals surface area (Å²) in [4.78, 5) is 0.838. The Hall–Kier alpha value is -0.860. The van der Waals surface area contributed by atoms with Crippen molar-refractivity contribution >= 4 is 29.6 Å². The van der Waals surface area contributed by atoms with Crippen LogP contribution in [0.15, 0.2) is 17.5 Å². The molecule has 0 saturated heterocycles. The van der Waals surface area contributed by atoms with E-state index in [1.807, 2.05) is 17.5 Å². The van der Waals surface area contributed by atoms with Gasteiger partial charge in [-0.2, -0.15) is 0 Å². The highest BCUT2D eigenvalue weighted by Crippen LogP contribution is 2.05. The van der Waals surface area contributed by atoms with Gasteiger partial charge in [0.05, 0.1) is 4.88 Å². The van der Waals surface area contributed by atoms with Gasteiger partial charge in [-0.3, -0.25) is 5.41 Å². The summed E-state index contributed by atoms with van der Waals surface area (Å²) in [5.41, 5.74) is 5.15. The number of thiophene rings is 1. The van der Waals surface area contributed by atoms with E-state index < -0.39 is 0 Å². The second-order valence-corrected chi connectivity index (χ2v) is 2.34. The fraction of sp³-hybridized carbons (Fsp3) is 0. The largest absolute Gasteiger partial charge is 0.412 e. The maximum Gasteiger partial charge on any atom is 0.133 e. The molecule has 0 radical (unpaired) electrons. The lowest BCUT2D eigenvalue weighted by Crippen LogP contribution is -2.08. The fourth-order valence-electron chi connectivity index (χ4n) is 0.432. The zero-order valence-corrected chi connectivity index (χ0v) is 10.3. The van der Waals surface area contributed by atoms with Crippen molar-refractivity contribution in [2.75, 3.05) is 0 Å². The van der Waals surface area contributed by atoms with Crippen LogP contribution in [0.1, 0.15) is 4.88 Å². The molecule has 0 atom stereocenters. The van der Waals surface area contributed by atoms with Gasteiger partial charge in [0, 0.05) is 0 Å². The molecule has 0 spiro atoms. The van der Waals surface area contributed by atoms with Crippen molar-refractivity contribution in [3.8, 4) is 0 Å². The van der Waals surface area contributed by atoms with E-state index in [-0.39, 0.29) is 62.1 Å². The zero-order valence-electron chi connectivity index (χ0n) is 8.63. The molecule has 12 heteroatoms. The monoisotopic (exact) mass is 306 g/mol. The van der Waals surface area contributed by atoms with Crippen LogP contribution < -0.4 is 5.73 Å². The van der Waals surface area contributed by atoms with Crippen LogP contribution >= 0.6 is 23.7 Å². The molecule has 114 valence electrons. The van der Waals surface area contributed by atoms with Crippen molar-refractivity contribution in [2.24, 2.45) is 5.73 Å². The Morgan fingerprint density at radius 2 is 1.29 bits per heavy atom. The Kier molecular flexibility index (Phi) is 155. The average Bonchev–Trinajstić information content (AvgIpc) is 2.12. The summed E-state index contributed by atoms with van der Waals surface area (Å²) < 4.78 is 0.